The van der Waals surface area contributed by atoms with Gasteiger partial charge in [-0.25, -0.2) is 4.79 Å². The average molecular weight is 408 g/mol. The van der Waals surface area contributed by atoms with E-state index in [4.69, 9.17) is 16.3 Å². The zero-order valence-corrected chi connectivity index (χ0v) is 16.4. The summed E-state index contributed by atoms with van der Waals surface area (Å²) in [6.07, 6.45) is 3.56. The summed E-state index contributed by atoms with van der Waals surface area (Å²) in [4.78, 5) is 26.3. The van der Waals surface area contributed by atoms with Gasteiger partial charge in [-0.2, -0.15) is 0 Å². The van der Waals surface area contributed by atoms with E-state index in [2.05, 4.69) is 5.32 Å². The Kier molecular flexibility index (Phi) is 5.10. The van der Waals surface area contributed by atoms with Crippen LogP contribution in [0.15, 0.2) is 72.6 Å². The molecule has 0 bridgehead atoms. The van der Waals surface area contributed by atoms with Crippen molar-refractivity contribution in [3.63, 3.8) is 0 Å². The molecule has 3 aromatic rings. The lowest BCUT2D eigenvalue weighted by Crippen LogP contribution is -2.30. The van der Waals surface area contributed by atoms with Gasteiger partial charge in [0.05, 0.1) is 13.7 Å². The zero-order chi connectivity index (χ0) is 20.4. The highest BCUT2D eigenvalue weighted by Gasteiger charge is 2.33. The smallest absolute Gasteiger partial charge is 0.329 e. The molecule has 0 atom stereocenters. The van der Waals surface area contributed by atoms with E-state index in [0.29, 0.717) is 5.02 Å². The van der Waals surface area contributed by atoms with Gasteiger partial charge in [0.25, 0.3) is 5.91 Å². The van der Waals surface area contributed by atoms with Crippen LogP contribution in [0.3, 0.4) is 0 Å². The molecule has 0 radical (unpaired) electrons. The van der Waals surface area contributed by atoms with Crippen molar-refractivity contribution >= 4 is 29.6 Å². The summed E-state index contributed by atoms with van der Waals surface area (Å²) >= 11 is 5.89. The first-order valence-corrected chi connectivity index (χ1v) is 9.34. The van der Waals surface area contributed by atoms with Gasteiger partial charge in [0.1, 0.15) is 11.4 Å². The summed E-state index contributed by atoms with van der Waals surface area (Å²) in [6.45, 7) is 0.179. The summed E-state index contributed by atoms with van der Waals surface area (Å²) in [5.74, 6) is 0.393. The molecule has 7 heteroatoms. The lowest BCUT2D eigenvalue weighted by Gasteiger charge is -2.11. The molecule has 0 saturated carbocycles. The second-order valence-corrected chi connectivity index (χ2v) is 6.94. The van der Waals surface area contributed by atoms with Gasteiger partial charge in [-0.1, -0.05) is 23.7 Å². The predicted octanol–water partition coefficient (Wildman–Crippen LogP) is 4.23. The third-order valence-corrected chi connectivity index (χ3v) is 4.89. The first-order valence-electron chi connectivity index (χ1n) is 8.96. The monoisotopic (exact) mass is 407 g/mol. The number of carbonyl (C=O) groups is 2. The molecule has 6 nitrogen and oxygen atoms in total. The molecule has 2 aromatic carbocycles. The Hall–Kier alpha value is -3.51. The predicted molar refractivity (Wildman–Crippen MR) is 111 cm³/mol. The van der Waals surface area contributed by atoms with Gasteiger partial charge in [0, 0.05) is 22.6 Å². The van der Waals surface area contributed by atoms with Crippen molar-refractivity contribution in [2.75, 3.05) is 7.11 Å². The molecule has 1 saturated heterocycles. The summed E-state index contributed by atoms with van der Waals surface area (Å²) < 4.78 is 7.12. The first kappa shape index (κ1) is 18.8. The van der Waals surface area contributed by atoms with Crippen LogP contribution in [0.4, 0.5) is 4.79 Å². The number of halogens is 1. The maximum atomic E-state index is 12.8. The Morgan fingerprint density at radius 1 is 1.03 bits per heavy atom. The molecule has 146 valence electrons. The van der Waals surface area contributed by atoms with Crippen LogP contribution >= 0.6 is 11.6 Å². The number of benzene rings is 2. The molecule has 1 aliphatic heterocycles. The summed E-state index contributed by atoms with van der Waals surface area (Å²) in [5, 5.41) is 3.26. The van der Waals surface area contributed by atoms with Crippen molar-refractivity contribution in [2.24, 2.45) is 0 Å². The molecule has 29 heavy (non-hydrogen) atoms. The van der Waals surface area contributed by atoms with Gasteiger partial charge in [0.2, 0.25) is 0 Å². The summed E-state index contributed by atoms with van der Waals surface area (Å²) in [5.41, 5.74) is 2.74. The van der Waals surface area contributed by atoms with Crippen LogP contribution < -0.4 is 10.1 Å². The molecule has 1 aliphatic rings. The van der Waals surface area contributed by atoms with Crippen molar-refractivity contribution in [1.82, 2.24) is 14.8 Å². The number of carbonyl (C=O) groups excluding carboxylic acids is 2. The number of nitrogens with zero attached hydrogens (tertiary/aromatic N) is 2. The zero-order valence-electron chi connectivity index (χ0n) is 15.6. The molecule has 1 N–H and O–H groups in total. The van der Waals surface area contributed by atoms with Crippen molar-refractivity contribution in [3.8, 4) is 11.4 Å². The van der Waals surface area contributed by atoms with E-state index in [0.717, 1.165) is 22.7 Å². The number of hydrogen-bond acceptors (Lipinski definition) is 3. The second kappa shape index (κ2) is 7.85. The second-order valence-electron chi connectivity index (χ2n) is 6.51. The highest BCUT2D eigenvalue weighted by atomic mass is 35.5. The Morgan fingerprint density at radius 2 is 1.76 bits per heavy atom. The van der Waals surface area contributed by atoms with Gasteiger partial charge in [0.15, 0.2) is 0 Å². The van der Waals surface area contributed by atoms with E-state index in [1.54, 1.807) is 37.5 Å². The number of aromatic nitrogens is 1. The number of hydrogen-bond donors (Lipinski definition) is 1. The number of ether oxygens (including phenoxy) is 1. The number of imide groups is 1. The number of rotatable bonds is 5. The maximum Gasteiger partial charge on any atom is 0.329 e. The van der Waals surface area contributed by atoms with Crippen LogP contribution in [-0.4, -0.2) is 28.5 Å². The maximum absolute atomic E-state index is 12.8. The van der Waals surface area contributed by atoms with E-state index < -0.39 is 6.03 Å². The minimum absolute atomic E-state index is 0.179. The fourth-order valence-corrected chi connectivity index (χ4v) is 3.25. The Balaban J connectivity index is 1.57. The van der Waals surface area contributed by atoms with Gasteiger partial charge in [-0.05, 0) is 60.2 Å². The lowest BCUT2D eigenvalue weighted by atomic mass is 10.2. The van der Waals surface area contributed by atoms with Gasteiger partial charge in [-0.3, -0.25) is 9.69 Å². The Labute approximate surface area is 173 Å². The molecule has 0 aliphatic carbocycles. The van der Waals surface area contributed by atoms with Crippen molar-refractivity contribution in [3.05, 3.63) is 88.8 Å². The number of methoxy groups -OCH3 is 1. The van der Waals surface area contributed by atoms with Crippen LogP contribution in [0.5, 0.6) is 5.75 Å². The molecule has 3 amide bonds. The van der Waals surface area contributed by atoms with Crippen LogP contribution in [-0.2, 0) is 11.3 Å². The summed E-state index contributed by atoms with van der Waals surface area (Å²) in [7, 11) is 1.62. The van der Waals surface area contributed by atoms with E-state index in [9.17, 15) is 9.59 Å². The van der Waals surface area contributed by atoms with Crippen molar-refractivity contribution in [2.45, 2.75) is 6.54 Å². The van der Waals surface area contributed by atoms with Crippen LogP contribution in [0.25, 0.3) is 11.8 Å². The van der Waals surface area contributed by atoms with Gasteiger partial charge in [-0.15, -0.1) is 0 Å². The molecular weight excluding hydrogens is 390 g/mol. The van der Waals surface area contributed by atoms with Crippen molar-refractivity contribution < 1.29 is 14.3 Å². The molecule has 2 heterocycles. The number of amides is 3. The van der Waals surface area contributed by atoms with Crippen LogP contribution in [0.1, 0.15) is 11.3 Å². The van der Waals surface area contributed by atoms with Crippen LogP contribution in [0.2, 0.25) is 5.02 Å². The quantitative estimate of drug-likeness (QED) is 0.508. The Bertz CT molecular complexity index is 1090. The number of urea groups is 1. The van der Waals surface area contributed by atoms with E-state index in [1.165, 1.54) is 4.90 Å². The molecule has 4 rings (SSSR count). The molecule has 1 fully saturated rings. The largest absolute Gasteiger partial charge is 0.497 e. The Morgan fingerprint density at radius 3 is 2.45 bits per heavy atom. The third-order valence-electron chi connectivity index (χ3n) is 4.64. The fourth-order valence-electron chi connectivity index (χ4n) is 3.13. The highest BCUT2D eigenvalue weighted by Crippen LogP contribution is 2.21. The minimum Gasteiger partial charge on any atom is -0.497 e. The van der Waals surface area contributed by atoms with E-state index >= 15 is 0 Å². The first-order chi connectivity index (χ1) is 14.0. The average Bonchev–Trinajstić information content (AvgIpc) is 3.30. The molecule has 0 spiro atoms. The fraction of sp³-hybridized carbons (Fsp3) is 0.0909. The molecular formula is C22H18ClN3O3. The molecule has 0 unspecified atom stereocenters. The SMILES string of the molecule is COc1ccc(-n2cccc2/C=C2\NC(=O)N(Cc3ccc(Cl)cc3)C2=O)cc1. The lowest BCUT2D eigenvalue weighted by molar-refractivity contribution is -0.123. The van der Waals surface area contributed by atoms with E-state index in [1.807, 2.05) is 47.2 Å². The number of nitrogens with one attached hydrogen (secondary N) is 1. The topological polar surface area (TPSA) is 63.6 Å². The van der Waals surface area contributed by atoms with Crippen LogP contribution in [0, 0.1) is 0 Å². The highest BCUT2D eigenvalue weighted by molar-refractivity contribution is 6.30. The van der Waals surface area contributed by atoms with Gasteiger partial charge < -0.3 is 14.6 Å². The summed E-state index contributed by atoms with van der Waals surface area (Å²) in [6, 6.07) is 17.9. The third kappa shape index (κ3) is 3.88. The van der Waals surface area contributed by atoms with Crippen molar-refractivity contribution in [1.29, 1.82) is 0 Å². The van der Waals surface area contributed by atoms with Gasteiger partial charge >= 0.3 is 6.03 Å². The van der Waals surface area contributed by atoms with E-state index in [-0.39, 0.29) is 18.1 Å². The minimum atomic E-state index is -0.446. The standard InChI is InChI=1S/C22H18ClN3O3/c1-29-19-10-8-17(9-11-19)25-12-2-3-18(25)13-20-21(27)26(22(28)24-20)14-15-4-6-16(23)7-5-15/h2-13H,14H2,1H3,(H,24,28)/b20-13-. The normalized spacial score (nSPS) is 15.1. The molecule has 1 aromatic heterocycles.